The predicted molar refractivity (Wildman–Crippen MR) is 59.3 cm³/mol. The highest BCUT2D eigenvalue weighted by atomic mass is 35.5. The van der Waals surface area contributed by atoms with E-state index in [4.69, 9.17) is 21.1 Å². The minimum Gasteiger partial charge on any atom is -0.494 e. The monoisotopic (exact) mass is 242 g/mol. The molecule has 1 rings (SSSR count). The highest BCUT2D eigenvalue weighted by Crippen LogP contribution is 2.29. The molecule has 1 aromatic carbocycles. The smallest absolute Gasteiger partial charge is 0.338 e. The van der Waals surface area contributed by atoms with Gasteiger partial charge in [-0.15, -0.1) is 0 Å². The van der Waals surface area contributed by atoms with E-state index in [9.17, 15) is 9.59 Å². The van der Waals surface area contributed by atoms with Crippen LogP contribution in [0.15, 0.2) is 12.1 Å². The second kappa shape index (κ2) is 5.51. The first kappa shape index (κ1) is 12.5. The van der Waals surface area contributed by atoms with Gasteiger partial charge in [0, 0.05) is 0 Å². The van der Waals surface area contributed by atoms with Crippen LogP contribution < -0.4 is 4.74 Å². The first-order chi connectivity index (χ1) is 7.63. The molecule has 0 unspecified atom stereocenters. The van der Waals surface area contributed by atoms with Crippen LogP contribution >= 0.6 is 11.6 Å². The van der Waals surface area contributed by atoms with Crippen LogP contribution in [0.5, 0.6) is 5.75 Å². The number of aldehydes is 1. The van der Waals surface area contributed by atoms with E-state index in [0.717, 1.165) is 0 Å². The van der Waals surface area contributed by atoms with Gasteiger partial charge in [-0.25, -0.2) is 4.79 Å². The largest absolute Gasteiger partial charge is 0.494 e. The van der Waals surface area contributed by atoms with Crippen molar-refractivity contribution in [1.29, 1.82) is 0 Å². The van der Waals surface area contributed by atoms with E-state index >= 15 is 0 Å². The number of methoxy groups -OCH3 is 1. The zero-order valence-corrected chi connectivity index (χ0v) is 9.71. The number of hydrogen-bond donors (Lipinski definition) is 0. The van der Waals surface area contributed by atoms with E-state index in [1.54, 1.807) is 6.92 Å². The number of carbonyl (C=O) groups excluding carboxylic acids is 2. The first-order valence-electron chi connectivity index (χ1n) is 4.63. The van der Waals surface area contributed by atoms with Crippen molar-refractivity contribution in [2.24, 2.45) is 0 Å². The molecule has 0 aliphatic heterocycles. The van der Waals surface area contributed by atoms with Gasteiger partial charge in [-0.2, -0.15) is 0 Å². The number of carbonyl (C=O) groups is 2. The molecule has 0 radical (unpaired) electrons. The van der Waals surface area contributed by atoms with Gasteiger partial charge in [0.2, 0.25) is 0 Å². The van der Waals surface area contributed by atoms with Crippen LogP contribution in [0.25, 0.3) is 0 Å². The SMILES string of the molecule is CCOC(=O)c1cc(Cl)c(OC)c(C=O)c1. The fourth-order valence-corrected chi connectivity index (χ4v) is 1.55. The van der Waals surface area contributed by atoms with Crippen molar-refractivity contribution in [1.82, 2.24) is 0 Å². The standard InChI is InChI=1S/C11H11ClO4/c1-3-16-11(14)7-4-8(6-13)10(15-2)9(12)5-7/h4-6H,3H2,1-2H3. The normalized spacial score (nSPS) is 9.69. The summed E-state index contributed by atoms with van der Waals surface area (Å²) in [4.78, 5) is 22.2. The average molecular weight is 243 g/mol. The zero-order chi connectivity index (χ0) is 12.1. The lowest BCUT2D eigenvalue weighted by Gasteiger charge is -2.08. The average Bonchev–Trinajstić information content (AvgIpc) is 2.28. The maximum atomic E-state index is 11.4. The highest BCUT2D eigenvalue weighted by Gasteiger charge is 2.14. The van der Waals surface area contributed by atoms with Crippen molar-refractivity contribution in [3.05, 3.63) is 28.3 Å². The molecule has 0 amide bonds. The lowest BCUT2D eigenvalue weighted by atomic mass is 10.1. The van der Waals surface area contributed by atoms with Gasteiger partial charge in [0.25, 0.3) is 0 Å². The molecule has 0 saturated heterocycles. The Kier molecular flexibility index (Phi) is 4.31. The van der Waals surface area contributed by atoms with E-state index in [1.807, 2.05) is 0 Å². The van der Waals surface area contributed by atoms with Crippen molar-refractivity contribution in [2.45, 2.75) is 6.92 Å². The molecule has 0 saturated carbocycles. The number of ether oxygens (including phenoxy) is 2. The van der Waals surface area contributed by atoms with Crippen LogP contribution in [0, 0.1) is 0 Å². The van der Waals surface area contributed by atoms with Crippen molar-refractivity contribution < 1.29 is 19.1 Å². The maximum Gasteiger partial charge on any atom is 0.338 e. The summed E-state index contributed by atoms with van der Waals surface area (Å²) in [5.41, 5.74) is 0.452. The minimum atomic E-state index is -0.518. The summed E-state index contributed by atoms with van der Waals surface area (Å²) in [5, 5.41) is 0.204. The van der Waals surface area contributed by atoms with Crippen molar-refractivity contribution >= 4 is 23.9 Å². The molecule has 5 heteroatoms. The van der Waals surface area contributed by atoms with Gasteiger partial charge in [-0.05, 0) is 19.1 Å². The van der Waals surface area contributed by atoms with Gasteiger partial charge in [0.15, 0.2) is 6.29 Å². The van der Waals surface area contributed by atoms with E-state index in [1.165, 1.54) is 19.2 Å². The van der Waals surface area contributed by atoms with Crippen LogP contribution in [0.4, 0.5) is 0 Å². The Labute approximate surface area is 98.1 Å². The third-order valence-corrected chi connectivity index (χ3v) is 2.20. The summed E-state index contributed by atoms with van der Waals surface area (Å²) in [5.74, 6) is -0.264. The second-order valence-electron chi connectivity index (χ2n) is 2.92. The lowest BCUT2D eigenvalue weighted by Crippen LogP contribution is -2.06. The Balaban J connectivity index is 3.20. The fourth-order valence-electron chi connectivity index (χ4n) is 1.25. The van der Waals surface area contributed by atoms with Crippen LogP contribution in [0.3, 0.4) is 0 Å². The van der Waals surface area contributed by atoms with Crippen molar-refractivity contribution in [3.63, 3.8) is 0 Å². The fraction of sp³-hybridized carbons (Fsp3) is 0.273. The third kappa shape index (κ3) is 2.52. The molecular formula is C11H11ClO4. The Bertz CT molecular complexity index is 415. The molecule has 0 spiro atoms. The molecule has 0 aliphatic rings. The summed E-state index contributed by atoms with van der Waals surface area (Å²) >= 11 is 5.87. The van der Waals surface area contributed by atoms with Crippen LogP contribution in [-0.2, 0) is 4.74 Å². The van der Waals surface area contributed by atoms with E-state index in [2.05, 4.69) is 0 Å². The molecule has 16 heavy (non-hydrogen) atoms. The van der Waals surface area contributed by atoms with E-state index in [0.29, 0.717) is 6.29 Å². The molecule has 0 fully saturated rings. The summed E-state index contributed by atoms with van der Waals surface area (Å²) in [6.45, 7) is 1.96. The van der Waals surface area contributed by atoms with Gasteiger partial charge in [-0.1, -0.05) is 11.6 Å². The van der Waals surface area contributed by atoms with Crippen LogP contribution in [0.1, 0.15) is 27.6 Å². The summed E-state index contributed by atoms with van der Waals surface area (Å²) in [6.07, 6.45) is 0.577. The van der Waals surface area contributed by atoms with E-state index < -0.39 is 5.97 Å². The van der Waals surface area contributed by atoms with Crippen LogP contribution in [0.2, 0.25) is 5.02 Å². The molecule has 0 aliphatic carbocycles. The molecule has 0 aromatic heterocycles. The zero-order valence-electron chi connectivity index (χ0n) is 8.95. The van der Waals surface area contributed by atoms with Gasteiger partial charge in [0.05, 0.1) is 29.9 Å². The van der Waals surface area contributed by atoms with Crippen molar-refractivity contribution in [3.8, 4) is 5.75 Å². The first-order valence-corrected chi connectivity index (χ1v) is 5.01. The van der Waals surface area contributed by atoms with E-state index in [-0.39, 0.29) is 28.5 Å². The molecule has 1 aromatic rings. The molecule has 4 nitrogen and oxygen atoms in total. The van der Waals surface area contributed by atoms with Gasteiger partial charge in [0.1, 0.15) is 5.75 Å². The number of rotatable bonds is 4. The second-order valence-corrected chi connectivity index (χ2v) is 3.33. The topological polar surface area (TPSA) is 52.6 Å². The molecule has 0 N–H and O–H groups in total. The van der Waals surface area contributed by atoms with Crippen molar-refractivity contribution in [2.75, 3.05) is 13.7 Å². The number of benzene rings is 1. The summed E-state index contributed by atoms with van der Waals surface area (Å²) < 4.78 is 9.75. The highest BCUT2D eigenvalue weighted by molar-refractivity contribution is 6.32. The quantitative estimate of drug-likeness (QED) is 0.601. The van der Waals surface area contributed by atoms with Gasteiger partial charge >= 0.3 is 5.97 Å². The summed E-state index contributed by atoms with van der Waals surface area (Å²) in [7, 11) is 1.40. The van der Waals surface area contributed by atoms with Crippen LogP contribution in [-0.4, -0.2) is 26.0 Å². The molecule has 0 bridgehead atoms. The Hall–Kier alpha value is -1.55. The Morgan fingerprint density at radius 1 is 1.50 bits per heavy atom. The Morgan fingerprint density at radius 3 is 2.69 bits per heavy atom. The molecular weight excluding hydrogens is 232 g/mol. The Morgan fingerprint density at radius 2 is 2.19 bits per heavy atom. The predicted octanol–water partition coefficient (Wildman–Crippen LogP) is 2.34. The number of hydrogen-bond acceptors (Lipinski definition) is 4. The maximum absolute atomic E-state index is 11.4. The molecule has 0 heterocycles. The lowest BCUT2D eigenvalue weighted by molar-refractivity contribution is 0.0526. The van der Waals surface area contributed by atoms with Gasteiger partial charge < -0.3 is 9.47 Å². The number of halogens is 1. The molecule has 86 valence electrons. The minimum absolute atomic E-state index is 0.204. The third-order valence-electron chi connectivity index (χ3n) is 1.91. The summed E-state index contributed by atoms with van der Waals surface area (Å²) in [6, 6.07) is 2.79. The van der Waals surface area contributed by atoms with Gasteiger partial charge in [-0.3, -0.25) is 4.79 Å². The number of esters is 1. The molecule has 0 atom stereocenters.